The molecule has 0 saturated heterocycles. The van der Waals surface area contributed by atoms with Gasteiger partial charge in [-0.2, -0.15) is 0 Å². The van der Waals surface area contributed by atoms with Gasteiger partial charge in [-0.15, -0.1) is 0 Å². The highest BCUT2D eigenvalue weighted by molar-refractivity contribution is 5.73. The Kier molecular flexibility index (Phi) is 13.0. The molecule has 0 saturated carbocycles. The first-order valence-electron chi connectivity index (χ1n) is 4.46. The number of unbranched alkanes of at least 4 members (excludes halogenated alkanes) is 2. The predicted octanol–water partition coefficient (Wildman–Crippen LogP) is 0.709. The Balaban J connectivity index is 0. The molecule has 0 aromatic rings. The molecule has 0 aliphatic rings. The van der Waals surface area contributed by atoms with Crippen LogP contribution in [0.15, 0.2) is 0 Å². The third-order valence-corrected chi connectivity index (χ3v) is 1.30. The summed E-state index contributed by atoms with van der Waals surface area (Å²) >= 11 is 0. The number of methoxy groups -OCH3 is 1. The van der Waals surface area contributed by atoms with E-state index in [2.05, 4.69) is 11.7 Å². The van der Waals surface area contributed by atoms with E-state index < -0.39 is 12.1 Å². The van der Waals surface area contributed by atoms with Gasteiger partial charge >= 0.3 is 5.97 Å². The van der Waals surface area contributed by atoms with Crippen molar-refractivity contribution in [2.75, 3.05) is 13.7 Å². The molecule has 4 heteroatoms. The molecular formula is C9H20O4. The minimum absolute atomic E-state index is 0.355. The quantitative estimate of drug-likeness (QED) is 0.508. The fourth-order valence-electron chi connectivity index (χ4n) is 0.532. The Morgan fingerprint density at radius 3 is 2.08 bits per heavy atom. The van der Waals surface area contributed by atoms with Gasteiger partial charge in [-0.25, -0.2) is 4.79 Å². The van der Waals surface area contributed by atoms with Gasteiger partial charge in [-0.1, -0.05) is 19.8 Å². The summed E-state index contributed by atoms with van der Waals surface area (Å²) in [6.45, 7) is 3.83. The van der Waals surface area contributed by atoms with Gasteiger partial charge < -0.3 is 14.9 Å². The van der Waals surface area contributed by atoms with Gasteiger partial charge in [0.05, 0.1) is 7.11 Å². The van der Waals surface area contributed by atoms with Crippen molar-refractivity contribution in [3.8, 4) is 0 Å². The maximum atomic E-state index is 10.0. The van der Waals surface area contributed by atoms with Crippen molar-refractivity contribution in [3.05, 3.63) is 0 Å². The van der Waals surface area contributed by atoms with Crippen LogP contribution in [0.1, 0.15) is 33.1 Å². The van der Waals surface area contributed by atoms with Gasteiger partial charge in [0.2, 0.25) is 0 Å². The number of aliphatic hydroxyl groups is 2. The molecule has 13 heavy (non-hydrogen) atoms. The molecule has 0 spiro atoms. The lowest BCUT2D eigenvalue weighted by atomic mass is 10.3. The fraction of sp³-hybridized carbons (Fsp3) is 0.889. The van der Waals surface area contributed by atoms with Crippen LogP contribution in [0.25, 0.3) is 0 Å². The summed E-state index contributed by atoms with van der Waals surface area (Å²) in [4.78, 5) is 10.0. The molecule has 0 aliphatic carbocycles. The normalized spacial score (nSPS) is 11.2. The van der Waals surface area contributed by atoms with Crippen molar-refractivity contribution in [2.45, 2.75) is 39.2 Å². The summed E-state index contributed by atoms with van der Waals surface area (Å²) in [6.07, 6.45) is 2.33. The van der Waals surface area contributed by atoms with E-state index in [-0.39, 0.29) is 0 Å². The number of carbonyl (C=O) groups excluding carboxylic acids is 1. The molecule has 0 aromatic carbocycles. The van der Waals surface area contributed by atoms with Crippen LogP contribution in [0.3, 0.4) is 0 Å². The molecule has 0 rings (SSSR count). The Morgan fingerprint density at radius 2 is 2.00 bits per heavy atom. The number of ether oxygens (including phenoxy) is 1. The monoisotopic (exact) mass is 192 g/mol. The van der Waals surface area contributed by atoms with E-state index in [1.54, 1.807) is 0 Å². The first-order chi connectivity index (χ1) is 6.09. The van der Waals surface area contributed by atoms with E-state index in [4.69, 9.17) is 10.2 Å². The second-order valence-electron chi connectivity index (χ2n) is 2.63. The topological polar surface area (TPSA) is 66.8 Å². The standard InChI is InChI=1S/C5H12O.C4H8O3/c1-2-3-4-5-6;1-3(5)4(6)7-2/h6H,2-5H2,1H3;3,5H,1-2H3. The highest BCUT2D eigenvalue weighted by Gasteiger charge is 2.05. The zero-order valence-corrected chi connectivity index (χ0v) is 8.62. The summed E-state index contributed by atoms with van der Waals surface area (Å²) in [5, 5.41) is 16.5. The van der Waals surface area contributed by atoms with Crippen molar-refractivity contribution in [1.29, 1.82) is 0 Å². The van der Waals surface area contributed by atoms with E-state index in [0.717, 1.165) is 12.8 Å². The summed E-state index contributed by atoms with van der Waals surface area (Å²) in [5.74, 6) is -0.597. The lowest BCUT2D eigenvalue weighted by Crippen LogP contribution is -2.16. The molecule has 0 aromatic heterocycles. The molecule has 0 amide bonds. The zero-order chi connectivity index (χ0) is 10.7. The van der Waals surface area contributed by atoms with Crippen molar-refractivity contribution in [3.63, 3.8) is 0 Å². The number of aliphatic hydroxyl groups excluding tert-OH is 2. The first-order valence-corrected chi connectivity index (χ1v) is 4.46. The number of rotatable bonds is 4. The van der Waals surface area contributed by atoms with E-state index >= 15 is 0 Å². The van der Waals surface area contributed by atoms with E-state index in [1.165, 1.54) is 20.5 Å². The second kappa shape index (κ2) is 11.4. The molecule has 1 atom stereocenters. The van der Waals surface area contributed by atoms with Crippen LogP contribution >= 0.6 is 0 Å². The zero-order valence-electron chi connectivity index (χ0n) is 8.62. The highest BCUT2D eigenvalue weighted by atomic mass is 16.5. The molecule has 0 bridgehead atoms. The molecule has 2 N–H and O–H groups in total. The van der Waals surface area contributed by atoms with Gasteiger partial charge in [-0.3, -0.25) is 0 Å². The molecule has 0 heterocycles. The minimum atomic E-state index is -0.995. The number of carbonyl (C=O) groups is 1. The van der Waals surface area contributed by atoms with Crippen LogP contribution in [-0.4, -0.2) is 36.0 Å². The average molecular weight is 192 g/mol. The summed E-state index contributed by atoms with van der Waals surface area (Å²) < 4.78 is 4.12. The predicted molar refractivity (Wildman–Crippen MR) is 50.3 cm³/mol. The van der Waals surface area contributed by atoms with Gasteiger partial charge in [0.25, 0.3) is 0 Å². The SMILES string of the molecule is CCCCCO.COC(=O)C(C)O. The van der Waals surface area contributed by atoms with Gasteiger partial charge in [0, 0.05) is 6.61 Å². The van der Waals surface area contributed by atoms with Crippen LogP contribution in [0, 0.1) is 0 Å². The molecule has 80 valence electrons. The van der Waals surface area contributed by atoms with Crippen molar-refractivity contribution in [2.24, 2.45) is 0 Å². The summed E-state index contributed by atoms with van der Waals surface area (Å²) in [7, 11) is 1.23. The third kappa shape index (κ3) is 14.3. The number of esters is 1. The maximum Gasteiger partial charge on any atom is 0.334 e. The maximum absolute atomic E-state index is 10.0. The highest BCUT2D eigenvalue weighted by Crippen LogP contribution is 1.89. The van der Waals surface area contributed by atoms with Crippen LogP contribution in [0.2, 0.25) is 0 Å². The second-order valence-corrected chi connectivity index (χ2v) is 2.63. The molecule has 4 nitrogen and oxygen atoms in total. The van der Waals surface area contributed by atoms with Crippen molar-refractivity contribution in [1.82, 2.24) is 0 Å². The molecule has 0 aliphatic heterocycles. The van der Waals surface area contributed by atoms with Crippen LogP contribution < -0.4 is 0 Å². The Hall–Kier alpha value is -0.610. The lowest BCUT2D eigenvalue weighted by Gasteiger charge is -1.97. The van der Waals surface area contributed by atoms with Crippen molar-refractivity contribution >= 4 is 5.97 Å². The lowest BCUT2D eigenvalue weighted by molar-refractivity contribution is -0.149. The van der Waals surface area contributed by atoms with E-state index in [1.807, 2.05) is 0 Å². The Bertz CT molecular complexity index is 108. The summed E-state index contributed by atoms with van der Waals surface area (Å²) in [5.41, 5.74) is 0. The van der Waals surface area contributed by atoms with Gasteiger partial charge in [0.15, 0.2) is 0 Å². The van der Waals surface area contributed by atoms with E-state index in [0.29, 0.717) is 6.61 Å². The smallest absolute Gasteiger partial charge is 0.334 e. The van der Waals surface area contributed by atoms with Gasteiger partial charge in [-0.05, 0) is 13.3 Å². The first kappa shape index (κ1) is 14.9. The largest absolute Gasteiger partial charge is 0.467 e. The van der Waals surface area contributed by atoms with Crippen LogP contribution in [0.5, 0.6) is 0 Å². The molecular weight excluding hydrogens is 172 g/mol. The Morgan fingerprint density at radius 1 is 1.46 bits per heavy atom. The molecule has 1 unspecified atom stereocenters. The van der Waals surface area contributed by atoms with Crippen molar-refractivity contribution < 1.29 is 19.7 Å². The molecule has 0 fully saturated rings. The van der Waals surface area contributed by atoms with Crippen LogP contribution in [-0.2, 0) is 9.53 Å². The third-order valence-electron chi connectivity index (χ3n) is 1.30. The van der Waals surface area contributed by atoms with E-state index in [9.17, 15) is 4.79 Å². The molecule has 0 radical (unpaired) electrons. The number of hydrogen-bond donors (Lipinski definition) is 2. The Labute approximate surface area is 79.5 Å². The summed E-state index contributed by atoms with van der Waals surface area (Å²) in [6, 6.07) is 0. The minimum Gasteiger partial charge on any atom is -0.467 e. The van der Waals surface area contributed by atoms with Gasteiger partial charge in [0.1, 0.15) is 6.10 Å². The average Bonchev–Trinajstić information content (AvgIpc) is 2.14. The number of hydrogen-bond acceptors (Lipinski definition) is 4. The van der Waals surface area contributed by atoms with Crippen LogP contribution in [0.4, 0.5) is 0 Å². The fourth-order valence-corrected chi connectivity index (χ4v) is 0.532.